The fourth-order valence-corrected chi connectivity index (χ4v) is 4.22. The van der Waals surface area contributed by atoms with Crippen LogP contribution in [0.3, 0.4) is 0 Å². The molecule has 1 aliphatic heterocycles. The molecule has 1 amide bonds. The van der Waals surface area contributed by atoms with Crippen molar-refractivity contribution in [3.8, 4) is 0 Å². The number of carboxylic acids is 1. The smallest absolute Gasteiger partial charge is 0.327 e. The molecule has 1 aliphatic rings. The van der Waals surface area contributed by atoms with E-state index in [1.165, 1.54) is 16.7 Å². The van der Waals surface area contributed by atoms with Gasteiger partial charge in [-0.2, -0.15) is 0 Å². The molecule has 1 N–H and O–H groups in total. The van der Waals surface area contributed by atoms with Crippen LogP contribution in [0.1, 0.15) is 26.9 Å². The van der Waals surface area contributed by atoms with Gasteiger partial charge in [-0.05, 0) is 36.8 Å². The van der Waals surface area contributed by atoms with Crippen LogP contribution >= 0.6 is 23.4 Å². The predicted octanol–water partition coefficient (Wildman–Crippen LogP) is 3.99. The fraction of sp³-hybridized carbons (Fsp3) is 0.222. The Labute approximate surface area is 149 Å². The summed E-state index contributed by atoms with van der Waals surface area (Å²) in [6.45, 7) is 1.99. The highest BCUT2D eigenvalue weighted by atomic mass is 35.5. The van der Waals surface area contributed by atoms with E-state index in [0.29, 0.717) is 16.3 Å². The number of thioether (sulfide) groups is 1. The number of carboxylic acid groups (broad SMARTS) is 1. The van der Waals surface area contributed by atoms with Crippen LogP contribution < -0.4 is 0 Å². The number of benzene rings is 2. The van der Waals surface area contributed by atoms with Gasteiger partial charge in [0.05, 0.1) is 0 Å². The number of aliphatic carboxylic acids is 1. The second kappa shape index (κ2) is 6.87. The van der Waals surface area contributed by atoms with Crippen LogP contribution in [-0.2, 0) is 4.79 Å². The molecule has 0 spiro atoms. The first-order chi connectivity index (χ1) is 11.5. The molecule has 1 heterocycles. The molecule has 6 heteroatoms. The number of halogens is 1. The zero-order valence-corrected chi connectivity index (χ0v) is 14.6. The van der Waals surface area contributed by atoms with Gasteiger partial charge in [0, 0.05) is 16.3 Å². The number of aryl methyl sites for hydroxylation is 1. The minimum absolute atomic E-state index is 0.297. The lowest BCUT2D eigenvalue weighted by atomic mass is 10.1. The normalized spacial score (nSPS) is 20.2. The van der Waals surface area contributed by atoms with Crippen molar-refractivity contribution >= 4 is 35.2 Å². The second-order valence-corrected chi connectivity index (χ2v) is 7.22. The zero-order chi connectivity index (χ0) is 17.3. The van der Waals surface area contributed by atoms with Crippen LogP contribution in [0.4, 0.5) is 0 Å². The van der Waals surface area contributed by atoms with Gasteiger partial charge in [0.15, 0.2) is 0 Å². The van der Waals surface area contributed by atoms with E-state index in [4.69, 9.17) is 11.6 Å². The Bertz CT molecular complexity index is 761. The summed E-state index contributed by atoms with van der Waals surface area (Å²) in [5, 5.41) is 9.73. The van der Waals surface area contributed by atoms with Gasteiger partial charge in [0.2, 0.25) is 0 Å². The summed E-state index contributed by atoms with van der Waals surface area (Å²) in [7, 11) is 0. The Balaban J connectivity index is 1.97. The average Bonchev–Trinajstić information content (AvgIpc) is 3.01. The predicted molar refractivity (Wildman–Crippen MR) is 95.4 cm³/mol. The first kappa shape index (κ1) is 16.9. The Morgan fingerprint density at radius 1 is 1.12 bits per heavy atom. The van der Waals surface area contributed by atoms with Crippen LogP contribution in [0.15, 0.2) is 48.5 Å². The van der Waals surface area contributed by atoms with Crippen LogP contribution in [0, 0.1) is 6.92 Å². The third-order valence-corrected chi connectivity index (χ3v) is 5.55. The van der Waals surface area contributed by atoms with Crippen LogP contribution in [0.2, 0.25) is 5.02 Å². The van der Waals surface area contributed by atoms with E-state index >= 15 is 0 Å². The van der Waals surface area contributed by atoms with E-state index in [1.807, 2.05) is 31.2 Å². The Hall–Kier alpha value is -1.98. The lowest BCUT2D eigenvalue weighted by Crippen LogP contribution is -2.42. The van der Waals surface area contributed by atoms with Crippen LogP contribution in [0.5, 0.6) is 0 Å². The summed E-state index contributed by atoms with van der Waals surface area (Å²) in [4.78, 5) is 26.0. The van der Waals surface area contributed by atoms with E-state index in [1.54, 1.807) is 24.3 Å². The first-order valence-corrected chi connectivity index (χ1v) is 8.89. The van der Waals surface area contributed by atoms with Gasteiger partial charge >= 0.3 is 5.97 Å². The Kier molecular flexibility index (Phi) is 4.83. The van der Waals surface area contributed by atoms with Gasteiger partial charge in [0.25, 0.3) is 5.91 Å². The molecule has 0 saturated carbocycles. The van der Waals surface area contributed by atoms with E-state index in [2.05, 4.69) is 0 Å². The van der Waals surface area contributed by atoms with Crippen molar-refractivity contribution in [3.05, 3.63) is 70.2 Å². The van der Waals surface area contributed by atoms with Crippen molar-refractivity contribution in [2.45, 2.75) is 18.3 Å². The van der Waals surface area contributed by atoms with Crippen molar-refractivity contribution in [1.82, 2.24) is 4.90 Å². The number of carbonyl (C=O) groups is 2. The van der Waals surface area contributed by atoms with Gasteiger partial charge in [0.1, 0.15) is 11.4 Å². The lowest BCUT2D eigenvalue weighted by Gasteiger charge is -2.27. The number of nitrogens with zero attached hydrogens (tertiary/aromatic N) is 1. The van der Waals surface area contributed by atoms with E-state index in [-0.39, 0.29) is 11.3 Å². The molecule has 2 aromatic carbocycles. The van der Waals surface area contributed by atoms with Gasteiger partial charge in [-0.15, -0.1) is 11.8 Å². The quantitative estimate of drug-likeness (QED) is 0.898. The van der Waals surface area contributed by atoms with Crippen molar-refractivity contribution < 1.29 is 14.7 Å². The monoisotopic (exact) mass is 361 g/mol. The summed E-state index contributed by atoms with van der Waals surface area (Å²) >= 11 is 7.34. The molecule has 0 unspecified atom stereocenters. The number of amides is 1. The molecule has 4 nitrogen and oxygen atoms in total. The maximum Gasteiger partial charge on any atom is 0.327 e. The lowest BCUT2D eigenvalue weighted by molar-refractivity contribution is -0.141. The summed E-state index contributed by atoms with van der Waals surface area (Å²) < 4.78 is 0. The molecule has 0 aliphatic carbocycles. The van der Waals surface area contributed by atoms with Crippen LogP contribution in [-0.4, -0.2) is 33.7 Å². The highest BCUT2D eigenvalue weighted by Crippen LogP contribution is 2.42. The van der Waals surface area contributed by atoms with Gasteiger partial charge < -0.3 is 10.0 Å². The van der Waals surface area contributed by atoms with Crippen molar-refractivity contribution in [2.75, 3.05) is 5.75 Å². The molecular formula is C18H16ClNO3S. The Morgan fingerprint density at radius 3 is 2.33 bits per heavy atom. The standard InChI is InChI=1S/C18H16ClNO3S/c1-11-2-4-13(5-3-11)17-20(15(10-24-17)18(22)23)16(21)12-6-8-14(19)9-7-12/h2-9,15,17H,10H2,1H3,(H,22,23)/t15-,17+/m0/s1. The molecule has 1 fully saturated rings. The minimum Gasteiger partial charge on any atom is -0.480 e. The summed E-state index contributed by atoms with van der Waals surface area (Å²) in [5.41, 5.74) is 2.48. The third-order valence-electron chi connectivity index (χ3n) is 3.97. The molecule has 0 radical (unpaired) electrons. The molecule has 124 valence electrons. The first-order valence-electron chi connectivity index (χ1n) is 7.46. The molecule has 1 saturated heterocycles. The summed E-state index contributed by atoms with van der Waals surface area (Å²) in [5.74, 6) is -0.915. The van der Waals surface area contributed by atoms with Crippen molar-refractivity contribution in [2.24, 2.45) is 0 Å². The number of hydrogen-bond donors (Lipinski definition) is 1. The minimum atomic E-state index is -0.987. The van der Waals surface area contributed by atoms with Crippen LogP contribution in [0.25, 0.3) is 0 Å². The van der Waals surface area contributed by atoms with E-state index in [0.717, 1.165) is 11.1 Å². The molecule has 2 aromatic rings. The second-order valence-electron chi connectivity index (χ2n) is 5.67. The maximum absolute atomic E-state index is 12.9. The highest BCUT2D eigenvalue weighted by molar-refractivity contribution is 7.99. The van der Waals surface area contributed by atoms with Crippen molar-refractivity contribution in [1.29, 1.82) is 0 Å². The van der Waals surface area contributed by atoms with Crippen molar-refractivity contribution in [3.63, 3.8) is 0 Å². The average molecular weight is 362 g/mol. The van der Waals surface area contributed by atoms with Gasteiger partial charge in [-0.1, -0.05) is 41.4 Å². The number of hydrogen-bond acceptors (Lipinski definition) is 3. The molecule has 0 aromatic heterocycles. The summed E-state index contributed by atoms with van der Waals surface area (Å²) in [6, 6.07) is 13.5. The summed E-state index contributed by atoms with van der Waals surface area (Å²) in [6.07, 6.45) is 0. The Morgan fingerprint density at radius 2 is 1.75 bits per heavy atom. The van der Waals surface area contributed by atoms with E-state index < -0.39 is 12.0 Å². The molecule has 3 rings (SSSR count). The third kappa shape index (κ3) is 3.28. The SMILES string of the molecule is Cc1ccc([C@H]2SC[C@@H](C(=O)O)N2C(=O)c2ccc(Cl)cc2)cc1. The molecule has 0 bridgehead atoms. The number of rotatable bonds is 3. The molecular weight excluding hydrogens is 346 g/mol. The largest absolute Gasteiger partial charge is 0.480 e. The van der Waals surface area contributed by atoms with Gasteiger partial charge in [-0.25, -0.2) is 4.79 Å². The highest BCUT2D eigenvalue weighted by Gasteiger charge is 2.42. The maximum atomic E-state index is 12.9. The molecule has 2 atom stereocenters. The zero-order valence-electron chi connectivity index (χ0n) is 13.0. The fourth-order valence-electron chi connectivity index (χ4n) is 2.67. The van der Waals surface area contributed by atoms with E-state index in [9.17, 15) is 14.7 Å². The molecule has 24 heavy (non-hydrogen) atoms. The van der Waals surface area contributed by atoms with Gasteiger partial charge in [-0.3, -0.25) is 4.79 Å². The number of carbonyl (C=O) groups excluding carboxylic acids is 1. The topological polar surface area (TPSA) is 57.6 Å².